The summed E-state index contributed by atoms with van der Waals surface area (Å²) in [4.78, 5) is 15.3. The summed E-state index contributed by atoms with van der Waals surface area (Å²) in [5.41, 5.74) is 2.12. The lowest BCUT2D eigenvalue weighted by Crippen LogP contribution is -2.30. The van der Waals surface area contributed by atoms with E-state index in [0.29, 0.717) is 19.5 Å². The van der Waals surface area contributed by atoms with Gasteiger partial charge in [0, 0.05) is 22.9 Å². The third kappa shape index (κ3) is 5.79. The second kappa shape index (κ2) is 9.85. The minimum atomic E-state index is -0.896. The molecule has 0 aliphatic heterocycles. The van der Waals surface area contributed by atoms with Gasteiger partial charge in [-0.1, -0.05) is 54.2 Å². The van der Waals surface area contributed by atoms with Crippen LogP contribution in [0.5, 0.6) is 5.75 Å². The first kappa shape index (κ1) is 19.8. The summed E-state index contributed by atoms with van der Waals surface area (Å²) in [5.74, 6) is 0.838. The van der Waals surface area contributed by atoms with E-state index in [1.54, 1.807) is 18.9 Å². The maximum atomic E-state index is 11.6. The first-order valence-electron chi connectivity index (χ1n) is 9.06. The van der Waals surface area contributed by atoms with Gasteiger partial charge in [0.25, 0.3) is 0 Å². The molecule has 0 aromatic heterocycles. The highest BCUT2D eigenvalue weighted by Crippen LogP contribution is 2.29. The summed E-state index contributed by atoms with van der Waals surface area (Å²) in [6.45, 7) is 0.858. The van der Waals surface area contributed by atoms with E-state index in [-0.39, 0.29) is 0 Å². The summed E-state index contributed by atoms with van der Waals surface area (Å²) < 4.78 is 5.19. The average Bonchev–Trinajstić information content (AvgIpc) is 2.72. The second-order valence-corrected chi connectivity index (χ2v) is 7.51. The van der Waals surface area contributed by atoms with Crippen LogP contribution in [0.4, 0.5) is 4.79 Å². The van der Waals surface area contributed by atoms with Crippen LogP contribution in [-0.2, 0) is 13.0 Å². The van der Waals surface area contributed by atoms with Crippen LogP contribution in [0.3, 0.4) is 0 Å². The maximum absolute atomic E-state index is 11.6. The molecule has 0 saturated heterocycles. The van der Waals surface area contributed by atoms with Gasteiger partial charge in [0.15, 0.2) is 0 Å². The molecule has 0 unspecified atom stereocenters. The molecule has 0 spiro atoms. The zero-order valence-electron chi connectivity index (χ0n) is 15.7. The number of rotatable bonds is 8. The minimum Gasteiger partial charge on any atom is -0.497 e. The van der Waals surface area contributed by atoms with Crippen molar-refractivity contribution in [2.75, 3.05) is 13.7 Å². The summed E-state index contributed by atoms with van der Waals surface area (Å²) >= 11 is 1.68. The molecule has 3 rings (SSSR count). The van der Waals surface area contributed by atoms with Crippen LogP contribution in [0.25, 0.3) is 0 Å². The van der Waals surface area contributed by atoms with Gasteiger partial charge < -0.3 is 14.7 Å². The van der Waals surface area contributed by atoms with Gasteiger partial charge >= 0.3 is 6.09 Å². The number of amides is 1. The Morgan fingerprint density at radius 3 is 2.32 bits per heavy atom. The molecule has 28 heavy (non-hydrogen) atoms. The Kier molecular flexibility index (Phi) is 6.98. The number of hydrogen-bond acceptors (Lipinski definition) is 3. The zero-order valence-corrected chi connectivity index (χ0v) is 16.6. The number of carbonyl (C=O) groups is 1. The lowest BCUT2D eigenvalue weighted by molar-refractivity contribution is 0.143. The van der Waals surface area contributed by atoms with Crippen LogP contribution in [-0.4, -0.2) is 29.8 Å². The molecule has 0 aliphatic carbocycles. The number of hydrogen-bond donors (Lipinski definition) is 1. The van der Waals surface area contributed by atoms with Gasteiger partial charge in [-0.2, -0.15) is 0 Å². The second-order valence-electron chi connectivity index (χ2n) is 6.36. The normalized spacial score (nSPS) is 10.5. The lowest BCUT2D eigenvalue weighted by atomic mass is 10.1. The van der Waals surface area contributed by atoms with E-state index in [1.165, 1.54) is 4.90 Å². The van der Waals surface area contributed by atoms with Crippen molar-refractivity contribution in [3.8, 4) is 5.75 Å². The first-order valence-corrected chi connectivity index (χ1v) is 9.88. The number of benzene rings is 3. The number of methoxy groups -OCH3 is 1. The van der Waals surface area contributed by atoms with Crippen molar-refractivity contribution in [2.45, 2.75) is 22.8 Å². The molecular formula is C23H23NO3S. The molecule has 0 fully saturated rings. The molecule has 4 nitrogen and oxygen atoms in total. The summed E-state index contributed by atoms with van der Waals surface area (Å²) in [6.07, 6.45) is -0.219. The first-order chi connectivity index (χ1) is 13.6. The fraction of sp³-hybridized carbons (Fsp3) is 0.174. The topological polar surface area (TPSA) is 49.8 Å². The number of nitrogens with zero attached hydrogens (tertiary/aromatic N) is 1. The Morgan fingerprint density at radius 1 is 0.929 bits per heavy atom. The smallest absolute Gasteiger partial charge is 0.407 e. The molecule has 3 aromatic carbocycles. The van der Waals surface area contributed by atoms with Gasteiger partial charge in [-0.15, -0.1) is 0 Å². The van der Waals surface area contributed by atoms with Crippen molar-refractivity contribution in [2.24, 2.45) is 0 Å². The van der Waals surface area contributed by atoms with Crippen LogP contribution >= 0.6 is 11.8 Å². The molecule has 0 heterocycles. The highest BCUT2D eigenvalue weighted by Gasteiger charge is 2.12. The Bertz CT molecular complexity index is 897. The summed E-state index contributed by atoms with van der Waals surface area (Å²) in [6, 6.07) is 25.9. The van der Waals surface area contributed by atoms with E-state index in [4.69, 9.17) is 4.74 Å². The predicted molar refractivity (Wildman–Crippen MR) is 112 cm³/mol. The SMILES string of the molecule is COc1ccc(Sc2cccc(CCN(Cc3ccccc3)C(=O)O)c2)cc1. The van der Waals surface area contributed by atoms with Crippen molar-refractivity contribution < 1.29 is 14.6 Å². The molecule has 5 heteroatoms. The van der Waals surface area contributed by atoms with Crippen molar-refractivity contribution in [1.29, 1.82) is 0 Å². The molecule has 0 bridgehead atoms. The molecule has 3 aromatic rings. The van der Waals surface area contributed by atoms with Gasteiger partial charge in [-0.3, -0.25) is 0 Å². The van der Waals surface area contributed by atoms with Gasteiger partial charge in [-0.05, 0) is 53.9 Å². The van der Waals surface area contributed by atoms with Crippen LogP contribution in [0.15, 0.2) is 88.7 Å². The number of ether oxygens (including phenoxy) is 1. The summed E-state index contributed by atoms with van der Waals surface area (Å²) in [5, 5.41) is 9.52. The zero-order chi connectivity index (χ0) is 19.8. The highest BCUT2D eigenvalue weighted by atomic mass is 32.2. The van der Waals surface area contributed by atoms with Crippen LogP contribution < -0.4 is 4.74 Å². The molecule has 0 saturated carbocycles. The molecular weight excluding hydrogens is 370 g/mol. The van der Waals surface area contributed by atoms with E-state index in [0.717, 1.165) is 26.7 Å². The third-order valence-electron chi connectivity index (χ3n) is 4.35. The molecule has 0 atom stereocenters. The van der Waals surface area contributed by atoms with Crippen molar-refractivity contribution in [1.82, 2.24) is 4.90 Å². The van der Waals surface area contributed by atoms with E-state index < -0.39 is 6.09 Å². The van der Waals surface area contributed by atoms with Crippen molar-refractivity contribution in [3.63, 3.8) is 0 Å². The van der Waals surface area contributed by atoms with E-state index in [1.807, 2.05) is 66.7 Å². The quantitative estimate of drug-likeness (QED) is 0.544. The van der Waals surface area contributed by atoms with Gasteiger partial charge in [-0.25, -0.2) is 4.79 Å². The van der Waals surface area contributed by atoms with E-state index >= 15 is 0 Å². The third-order valence-corrected chi connectivity index (χ3v) is 5.35. The summed E-state index contributed by atoms with van der Waals surface area (Å²) in [7, 11) is 1.66. The molecule has 0 radical (unpaired) electrons. The van der Waals surface area contributed by atoms with Gasteiger partial charge in [0.1, 0.15) is 5.75 Å². The molecule has 144 valence electrons. The van der Waals surface area contributed by atoms with Crippen LogP contribution in [0.1, 0.15) is 11.1 Å². The van der Waals surface area contributed by atoms with Crippen LogP contribution in [0, 0.1) is 0 Å². The van der Waals surface area contributed by atoms with Crippen molar-refractivity contribution >= 4 is 17.9 Å². The van der Waals surface area contributed by atoms with E-state index in [9.17, 15) is 9.90 Å². The molecule has 1 N–H and O–H groups in total. The largest absolute Gasteiger partial charge is 0.497 e. The minimum absolute atomic E-state index is 0.399. The Labute approximate surface area is 169 Å². The standard InChI is InChI=1S/C23H23NO3S/c1-27-20-10-12-21(13-11-20)28-22-9-5-8-18(16-22)14-15-24(23(25)26)17-19-6-3-2-4-7-19/h2-13,16H,14-15,17H2,1H3,(H,25,26). The Hall–Kier alpha value is -2.92. The van der Waals surface area contributed by atoms with Crippen LogP contribution in [0.2, 0.25) is 0 Å². The molecule has 0 aliphatic rings. The van der Waals surface area contributed by atoms with Crippen molar-refractivity contribution in [3.05, 3.63) is 90.0 Å². The van der Waals surface area contributed by atoms with Gasteiger partial charge in [0.2, 0.25) is 0 Å². The Morgan fingerprint density at radius 2 is 1.64 bits per heavy atom. The van der Waals surface area contributed by atoms with Gasteiger partial charge in [0.05, 0.1) is 7.11 Å². The monoisotopic (exact) mass is 393 g/mol. The van der Waals surface area contributed by atoms with E-state index in [2.05, 4.69) is 12.1 Å². The fourth-order valence-corrected chi connectivity index (χ4v) is 3.76. The maximum Gasteiger partial charge on any atom is 0.407 e. The average molecular weight is 394 g/mol. The highest BCUT2D eigenvalue weighted by molar-refractivity contribution is 7.99. The molecule has 1 amide bonds. The Balaban J connectivity index is 1.61. The lowest BCUT2D eigenvalue weighted by Gasteiger charge is -2.19. The predicted octanol–water partition coefficient (Wildman–Crippen LogP) is 5.57. The number of carboxylic acid groups (broad SMARTS) is 1. The fourth-order valence-electron chi connectivity index (χ4n) is 2.85.